The average Bonchev–Trinajstić information content (AvgIpc) is 2.29. The Hall–Kier alpha value is -1.51. The smallest absolute Gasteiger partial charge is 0.226 e. The van der Waals surface area contributed by atoms with Crippen LogP contribution in [0.2, 0.25) is 0 Å². The van der Waals surface area contributed by atoms with Gasteiger partial charge in [-0.15, -0.1) is 0 Å². The number of carbonyl (C=O) groups excluding carboxylic acids is 1. The summed E-state index contributed by atoms with van der Waals surface area (Å²) < 4.78 is 0. The summed E-state index contributed by atoms with van der Waals surface area (Å²) in [6.07, 6.45) is 0.827. The Morgan fingerprint density at radius 3 is 2.35 bits per heavy atom. The highest BCUT2D eigenvalue weighted by Gasteiger charge is 2.26. The molecule has 0 bridgehead atoms. The van der Waals surface area contributed by atoms with Gasteiger partial charge in [0.2, 0.25) is 5.91 Å². The van der Waals surface area contributed by atoms with Crippen LogP contribution in [0.15, 0.2) is 24.3 Å². The first-order chi connectivity index (χ1) is 7.86. The quantitative estimate of drug-likeness (QED) is 0.787. The molecule has 0 aromatic heterocycles. The van der Waals surface area contributed by atoms with E-state index in [0.717, 1.165) is 17.7 Å². The van der Waals surface area contributed by atoms with Crippen LogP contribution < -0.4 is 11.1 Å². The summed E-state index contributed by atoms with van der Waals surface area (Å²) in [5.74, 6) is 0.0873. The minimum Gasteiger partial charge on any atom is -0.399 e. The van der Waals surface area contributed by atoms with Crippen LogP contribution in [0.5, 0.6) is 0 Å². The van der Waals surface area contributed by atoms with Gasteiger partial charge in [-0.1, -0.05) is 32.9 Å². The minimum absolute atomic E-state index is 0.00826. The lowest BCUT2D eigenvalue weighted by Crippen LogP contribution is -2.37. The summed E-state index contributed by atoms with van der Waals surface area (Å²) in [6.45, 7) is 7.92. The first-order valence-corrected chi connectivity index (χ1v) is 6.03. The normalized spacial score (nSPS) is 13.2. The van der Waals surface area contributed by atoms with Gasteiger partial charge >= 0.3 is 0 Å². The van der Waals surface area contributed by atoms with E-state index < -0.39 is 0 Å². The van der Waals surface area contributed by atoms with Gasteiger partial charge in [0, 0.05) is 11.1 Å². The summed E-state index contributed by atoms with van der Waals surface area (Å²) >= 11 is 0. The number of amides is 1. The second kappa shape index (κ2) is 5.21. The highest BCUT2D eigenvalue weighted by molar-refractivity contribution is 5.82. The largest absolute Gasteiger partial charge is 0.399 e. The molecule has 1 rings (SSSR count). The SMILES string of the molecule is CCC(C)(C)C(=O)NC(C)c1ccc(N)cc1. The zero-order valence-corrected chi connectivity index (χ0v) is 11.1. The van der Waals surface area contributed by atoms with Crippen LogP contribution in [0, 0.1) is 5.41 Å². The molecular weight excluding hydrogens is 212 g/mol. The topological polar surface area (TPSA) is 55.1 Å². The molecule has 94 valence electrons. The van der Waals surface area contributed by atoms with Crippen molar-refractivity contribution >= 4 is 11.6 Å². The van der Waals surface area contributed by atoms with Gasteiger partial charge < -0.3 is 11.1 Å². The van der Waals surface area contributed by atoms with E-state index in [1.165, 1.54) is 0 Å². The molecule has 3 N–H and O–H groups in total. The number of nitrogens with two attached hydrogens (primary N) is 1. The fraction of sp³-hybridized carbons (Fsp3) is 0.500. The molecule has 0 radical (unpaired) electrons. The maximum atomic E-state index is 12.0. The summed E-state index contributed by atoms with van der Waals surface area (Å²) in [6, 6.07) is 7.60. The van der Waals surface area contributed by atoms with Crippen LogP contribution in [0.3, 0.4) is 0 Å². The molecule has 1 aromatic rings. The van der Waals surface area contributed by atoms with Crippen molar-refractivity contribution < 1.29 is 4.79 Å². The number of anilines is 1. The van der Waals surface area contributed by atoms with Gasteiger partial charge in [0.25, 0.3) is 0 Å². The van der Waals surface area contributed by atoms with Gasteiger partial charge in [-0.2, -0.15) is 0 Å². The number of rotatable bonds is 4. The first kappa shape index (κ1) is 13.6. The summed E-state index contributed by atoms with van der Waals surface area (Å²) in [5, 5.41) is 3.03. The van der Waals surface area contributed by atoms with Gasteiger partial charge in [-0.3, -0.25) is 4.79 Å². The monoisotopic (exact) mass is 234 g/mol. The third-order valence-electron chi connectivity index (χ3n) is 3.28. The van der Waals surface area contributed by atoms with Crippen LogP contribution in [0.1, 0.15) is 45.7 Å². The van der Waals surface area contributed by atoms with Crippen LogP contribution in [0.4, 0.5) is 5.69 Å². The molecule has 0 aliphatic carbocycles. The fourth-order valence-electron chi connectivity index (χ4n) is 1.42. The first-order valence-electron chi connectivity index (χ1n) is 6.03. The fourth-order valence-corrected chi connectivity index (χ4v) is 1.42. The van der Waals surface area contributed by atoms with Crippen molar-refractivity contribution in [1.29, 1.82) is 0 Å². The number of nitrogen functional groups attached to an aromatic ring is 1. The van der Waals surface area contributed by atoms with Crippen molar-refractivity contribution in [2.45, 2.75) is 40.2 Å². The lowest BCUT2D eigenvalue weighted by Gasteiger charge is -2.24. The second-order valence-corrected chi connectivity index (χ2v) is 5.10. The van der Waals surface area contributed by atoms with Gasteiger partial charge in [-0.25, -0.2) is 0 Å². The standard InChI is InChI=1S/C14H22N2O/c1-5-14(3,4)13(17)16-10(2)11-6-8-12(15)9-7-11/h6-10H,5,15H2,1-4H3,(H,16,17). The van der Waals surface area contributed by atoms with Crippen LogP contribution in [0.25, 0.3) is 0 Å². The average molecular weight is 234 g/mol. The van der Waals surface area contributed by atoms with E-state index in [0.29, 0.717) is 0 Å². The van der Waals surface area contributed by atoms with Gasteiger partial charge in [0.05, 0.1) is 6.04 Å². The highest BCUT2D eigenvalue weighted by Crippen LogP contribution is 2.22. The molecule has 0 aliphatic heterocycles. The molecule has 1 unspecified atom stereocenters. The third-order valence-corrected chi connectivity index (χ3v) is 3.28. The minimum atomic E-state index is -0.317. The summed E-state index contributed by atoms with van der Waals surface area (Å²) in [5.41, 5.74) is 7.12. The van der Waals surface area contributed by atoms with E-state index in [1.807, 2.05) is 52.0 Å². The van der Waals surface area contributed by atoms with E-state index in [4.69, 9.17) is 5.73 Å². The summed E-state index contributed by atoms with van der Waals surface area (Å²) in [7, 11) is 0. The molecule has 0 aliphatic rings. The molecule has 1 aromatic carbocycles. The molecule has 0 fully saturated rings. The number of benzene rings is 1. The summed E-state index contributed by atoms with van der Waals surface area (Å²) in [4.78, 5) is 12.0. The zero-order valence-electron chi connectivity index (χ0n) is 11.1. The van der Waals surface area contributed by atoms with E-state index in [-0.39, 0.29) is 17.4 Å². The Kier molecular flexibility index (Phi) is 4.16. The van der Waals surface area contributed by atoms with Crippen molar-refractivity contribution in [3.8, 4) is 0 Å². The Labute approximate surface area is 103 Å². The van der Waals surface area contributed by atoms with Crippen LogP contribution in [-0.2, 0) is 4.79 Å². The Morgan fingerprint density at radius 1 is 1.35 bits per heavy atom. The van der Waals surface area contributed by atoms with Crippen LogP contribution in [-0.4, -0.2) is 5.91 Å². The molecule has 0 saturated heterocycles. The number of nitrogens with one attached hydrogen (secondary N) is 1. The zero-order chi connectivity index (χ0) is 13.1. The van der Waals surface area contributed by atoms with Gasteiger partial charge in [0.15, 0.2) is 0 Å². The van der Waals surface area contributed by atoms with Gasteiger partial charge in [0.1, 0.15) is 0 Å². The molecule has 1 atom stereocenters. The molecule has 0 heterocycles. The maximum absolute atomic E-state index is 12.0. The molecule has 0 saturated carbocycles. The lowest BCUT2D eigenvalue weighted by atomic mass is 9.89. The second-order valence-electron chi connectivity index (χ2n) is 5.10. The lowest BCUT2D eigenvalue weighted by molar-refractivity contribution is -0.130. The van der Waals surface area contributed by atoms with Crippen molar-refractivity contribution in [3.05, 3.63) is 29.8 Å². The van der Waals surface area contributed by atoms with E-state index in [9.17, 15) is 4.79 Å². The Morgan fingerprint density at radius 2 is 1.88 bits per heavy atom. The molecule has 3 nitrogen and oxygen atoms in total. The van der Waals surface area contributed by atoms with E-state index in [1.54, 1.807) is 0 Å². The molecule has 3 heteroatoms. The number of carbonyl (C=O) groups is 1. The van der Waals surface area contributed by atoms with Crippen LogP contribution >= 0.6 is 0 Å². The third kappa shape index (κ3) is 3.48. The predicted molar refractivity (Wildman–Crippen MR) is 71.5 cm³/mol. The van der Waals surface area contributed by atoms with Crippen molar-refractivity contribution in [2.24, 2.45) is 5.41 Å². The Bertz CT molecular complexity index is 382. The maximum Gasteiger partial charge on any atom is 0.226 e. The van der Waals surface area contributed by atoms with Crippen molar-refractivity contribution in [3.63, 3.8) is 0 Å². The van der Waals surface area contributed by atoms with Gasteiger partial charge in [-0.05, 0) is 31.0 Å². The van der Waals surface area contributed by atoms with E-state index in [2.05, 4.69) is 5.32 Å². The van der Waals surface area contributed by atoms with Crippen molar-refractivity contribution in [2.75, 3.05) is 5.73 Å². The Balaban J connectivity index is 2.70. The van der Waals surface area contributed by atoms with E-state index >= 15 is 0 Å². The predicted octanol–water partition coefficient (Wildman–Crippen LogP) is 2.88. The highest BCUT2D eigenvalue weighted by atomic mass is 16.2. The van der Waals surface area contributed by atoms with Crippen molar-refractivity contribution in [1.82, 2.24) is 5.32 Å². The molecular formula is C14H22N2O. The molecule has 0 spiro atoms. The molecule has 1 amide bonds. The molecule has 17 heavy (non-hydrogen) atoms. The number of hydrogen-bond acceptors (Lipinski definition) is 2. The number of hydrogen-bond donors (Lipinski definition) is 2.